The van der Waals surface area contributed by atoms with Gasteiger partial charge in [-0.05, 0) is 6.07 Å². The standard InChI is InChI=1S/C8H9O2P/c1-2-7-5-3-4-6-8(7)10-11-9/h2-6H,1,11H2. The monoisotopic (exact) mass is 168 g/mol. The maximum Gasteiger partial charge on any atom is 0.225 e. The lowest BCUT2D eigenvalue weighted by Gasteiger charge is -2.01. The van der Waals surface area contributed by atoms with Gasteiger partial charge in [0, 0.05) is 5.56 Å². The first-order chi connectivity index (χ1) is 5.38. The van der Waals surface area contributed by atoms with E-state index < -0.39 is 8.69 Å². The van der Waals surface area contributed by atoms with E-state index in [4.69, 9.17) is 4.52 Å². The molecule has 0 heterocycles. The molecule has 0 saturated heterocycles. The van der Waals surface area contributed by atoms with E-state index in [1.807, 2.05) is 18.2 Å². The average molecular weight is 168 g/mol. The summed E-state index contributed by atoms with van der Waals surface area (Å²) < 4.78 is 15.1. The van der Waals surface area contributed by atoms with Gasteiger partial charge in [0.1, 0.15) is 5.75 Å². The zero-order valence-electron chi connectivity index (χ0n) is 5.99. The number of hydrogen-bond donors (Lipinski definition) is 0. The van der Waals surface area contributed by atoms with E-state index in [1.54, 1.807) is 12.1 Å². The smallest absolute Gasteiger partial charge is 0.225 e. The van der Waals surface area contributed by atoms with Crippen molar-refractivity contribution in [3.05, 3.63) is 36.4 Å². The topological polar surface area (TPSA) is 26.3 Å². The zero-order chi connectivity index (χ0) is 8.10. The van der Waals surface area contributed by atoms with E-state index in [1.165, 1.54) is 0 Å². The van der Waals surface area contributed by atoms with Crippen LogP contribution in [0, 0.1) is 0 Å². The Morgan fingerprint density at radius 2 is 2.18 bits per heavy atom. The normalized spacial score (nSPS) is 10.2. The third kappa shape index (κ3) is 1.95. The molecule has 1 rings (SSSR count). The third-order valence-electron chi connectivity index (χ3n) is 1.31. The molecule has 0 aliphatic rings. The largest absolute Gasteiger partial charge is 0.446 e. The molecule has 58 valence electrons. The van der Waals surface area contributed by atoms with Crippen LogP contribution < -0.4 is 4.52 Å². The maximum absolute atomic E-state index is 10.2. The second-order valence-electron chi connectivity index (χ2n) is 1.96. The Hall–Kier alpha value is -1.01. The summed E-state index contributed by atoms with van der Waals surface area (Å²) in [4.78, 5) is 0. The van der Waals surface area contributed by atoms with Crippen molar-refractivity contribution < 1.29 is 9.09 Å². The number of hydrogen-bond acceptors (Lipinski definition) is 2. The molecular formula is C8H9O2P. The molecule has 3 heteroatoms. The van der Waals surface area contributed by atoms with Crippen LogP contribution in [0.5, 0.6) is 5.75 Å². The van der Waals surface area contributed by atoms with Crippen LogP contribution in [0.1, 0.15) is 5.56 Å². The minimum absolute atomic E-state index is 0.632. The third-order valence-corrected chi connectivity index (χ3v) is 1.66. The van der Waals surface area contributed by atoms with Crippen LogP contribution in [0.4, 0.5) is 0 Å². The minimum Gasteiger partial charge on any atom is -0.446 e. The van der Waals surface area contributed by atoms with Gasteiger partial charge in [-0.25, -0.2) is 0 Å². The van der Waals surface area contributed by atoms with Crippen molar-refractivity contribution in [2.45, 2.75) is 0 Å². The van der Waals surface area contributed by atoms with Crippen LogP contribution in [-0.4, -0.2) is 0 Å². The summed E-state index contributed by atoms with van der Waals surface area (Å²) in [5, 5.41) is 0. The lowest BCUT2D eigenvalue weighted by molar-refractivity contribution is 0.524. The van der Waals surface area contributed by atoms with Gasteiger partial charge in [-0.3, -0.25) is 4.57 Å². The van der Waals surface area contributed by atoms with Crippen LogP contribution in [0.25, 0.3) is 6.08 Å². The Balaban J connectivity index is 3.01. The fourth-order valence-corrected chi connectivity index (χ4v) is 1.13. The molecule has 0 fully saturated rings. The molecule has 1 atom stereocenters. The summed E-state index contributed by atoms with van der Waals surface area (Å²) in [5.41, 5.74) is 0.871. The van der Waals surface area contributed by atoms with Crippen LogP contribution in [0.15, 0.2) is 30.8 Å². The van der Waals surface area contributed by atoms with Gasteiger partial charge in [0.25, 0.3) is 0 Å². The molecule has 1 aromatic rings. The van der Waals surface area contributed by atoms with Gasteiger partial charge in [0.2, 0.25) is 8.69 Å². The molecule has 0 amide bonds. The SMILES string of the molecule is C=Cc1ccccc1O[PH2]=O. The molecule has 2 nitrogen and oxygen atoms in total. The molecular weight excluding hydrogens is 159 g/mol. The van der Waals surface area contributed by atoms with Crippen molar-refractivity contribution in [3.63, 3.8) is 0 Å². The Bertz CT molecular complexity index is 271. The van der Waals surface area contributed by atoms with Gasteiger partial charge in [-0.2, -0.15) is 0 Å². The van der Waals surface area contributed by atoms with Gasteiger partial charge in [-0.15, -0.1) is 0 Å². The minimum atomic E-state index is -1.19. The van der Waals surface area contributed by atoms with E-state index >= 15 is 0 Å². The van der Waals surface area contributed by atoms with Crippen molar-refractivity contribution in [1.29, 1.82) is 0 Å². The molecule has 0 aromatic heterocycles. The van der Waals surface area contributed by atoms with Crippen molar-refractivity contribution >= 4 is 14.8 Å². The predicted octanol–water partition coefficient (Wildman–Crippen LogP) is 2.38. The summed E-state index contributed by atoms with van der Waals surface area (Å²) >= 11 is 0. The van der Waals surface area contributed by atoms with E-state index in [-0.39, 0.29) is 0 Å². The molecule has 0 aliphatic heterocycles. The van der Waals surface area contributed by atoms with Crippen LogP contribution in [-0.2, 0) is 4.57 Å². The summed E-state index contributed by atoms with van der Waals surface area (Å²) in [7, 11) is -1.19. The van der Waals surface area contributed by atoms with E-state index in [2.05, 4.69) is 6.58 Å². The number of para-hydroxylation sites is 1. The lowest BCUT2D eigenvalue weighted by atomic mass is 10.2. The fourth-order valence-electron chi connectivity index (χ4n) is 0.808. The molecule has 0 spiro atoms. The first kappa shape index (κ1) is 8.09. The molecule has 0 bridgehead atoms. The average Bonchev–Trinajstić information content (AvgIpc) is 2.06. The first-order valence-electron chi connectivity index (χ1n) is 3.20. The molecule has 0 saturated carbocycles. The fraction of sp³-hybridized carbons (Fsp3) is 0. The zero-order valence-corrected chi connectivity index (χ0v) is 7.14. The second kappa shape index (κ2) is 3.99. The van der Waals surface area contributed by atoms with Gasteiger partial charge >= 0.3 is 0 Å². The van der Waals surface area contributed by atoms with Crippen molar-refractivity contribution in [2.75, 3.05) is 0 Å². The van der Waals surface area contributed by atoms with Gasteiger partial charge in [0.05, 0.1) is 0 Å². The highest BCUT2D eigenvalue weighted by molar-refractivity contribution is 7.17. The first-order valence-corrected chi connectivity index (χ1v) is 4.14. The van der Waals surface area contributed by atoms with Gasteiger partial charge in [0.15, 0.2) is 0 Å². The van der Waals surface area contributed by atoms with Crippen molar-refractivity contribution in [1.82, 2.24) is 0 Å². The summed E-state index contributed by atoms with van der Waals surface area (Å²) in [6, 6.07) is 7.33. The highest BCUT2D eigenvalue weighted by Crippen LogP contribution is 2.21. The second-order valence-corrected chi connectivity index (χ2v) is 2.38. The molecule has 11 heavy (non-hydrogen) atoms. The molecule has 1 unspecified atom stereocenters. The highest BCUT2D eigenvalue weighted by Gasteiger charge is 1.95. The lowest BCUT2D eigenvalue weighted by Crippen LogP contribution is -1.78. The number of benzene rings is 1. The maximum atomic E-state index is 10.2. The quantitative estimate of drug-likeness (QED) is 0.647. The molecule has 0 radical (unpaired) electrons. The van der Waals surface area contributed by atoms with E-state index in [0.717, 1.165) is 5.56 Å². The van der Waals surface area contributed by atoms with Gasteiger partial charge < -0.3 is 4.52 Å². The Kier molecular flexibility index (Phi) is 2.94. The van der Waals surface area contributed by atoms with Crippen LogP contribution in [0.3, 0.4) is 0 Å². The highest BCUT2D eigenvalue weighted by atomic mass is 31.1. The molecule has 0 N–H and O–H groups in total. The Morgan fingerprint density at radius 1 is 1.45 bits per heavy atom. The van der Waals surface area contributed by atoms with Crippen molar-refractivity contribution in [2.24, 2.45) is 0 Å². The van der Waals surface area contributed by atoms with Crippen LogP contribution in [0.2, 0.25) is 0 Å². The van der Waals surface area contributed by atoms with Gasteiger partial charge in [-0.1, -0.05) is 30.9 Å². The Labute approximate surface area is 66.8 Å². The summed E-state index contributed by atoms with van der Waals surface area (Å²) in [5.74, 6) is 0.632. The molecule has 1 aromatic carbocycles. The van der Waals surface area contributed by atoms with E-state index in [9.17, 15) is 4.57 Å². The summed E-state index contributed by atoms with van der Waals surface area (Å²) in [6.07, 6.45) is 1.67. The number of rotatable bonds is 3. The van der Waals surface area contributed by atoms with E-state index in [0.29, 0.717) is 5.75 Å². The van der Waals surface area contributed by atoms with Crippen molar-refractivity contribution in [3.8, 4) is 5.75 Å². The van der Waals surface area contributed by atoms with Crippen LogP contribution >= 0.6 is 8.69 Å². The predicted molar refractivity (Wildman–Crippen MR) is 47.6 cm³/mol. The molecule has 0 aliphatic carbocycles. The summed E-state index contributed by atoms with van der Waals surface area (Å²) in [6.45, 7) is 3.60. The Morgan fingerprint density at radius 3 is 2.82 bits per heavy atom.